The van der Waals surface area contributed by atoms with E-state index in [2.05, 4.69) is 6.07 Å². The van der Waals surface area contributed by atoms with E-state index in [0.29, 0.717) is 35.2 Å². The van der Waals surface area contributed by atoms with Crippen molar-refractivity contribution in [1.82, 2.24) is 0 Å². The van der Waals surface area contributed by atoms with Crippen molar-refractivity contribution in [2.24, 2.45) is 5.73 Å². The molecular weight excluding hydrogens is 551 g/mol. The van der Waals surface area contributed by atoms with Crippen molar-refractivity contribution >= 4 is 5.97 Å². The second-order valence-corrected chi connectivity index (χ2v) is 9.76. The Balaban J connectivity index is 1.37. The second kappa shape index (κ2) is 13.0. The summed E-state index contributed by atoms with van der Waals surface area (Å²) in [6.45, 7) is 4.10. The number of ether oxygens (including phenoxy) is 5. The van der Waals surface area contributed by atoms with Gasteiger partial charge in [-0.1, -0.05) is 36.4 Å². The lowest BCUT2D eigenvalue weighted by Crippen LogP contribution is -2.22. The molecule has 0 aliphatic carbocycles. The van der Waals surface area contributed by atoms with Crippen molar-refractivity contribution in [2.45, 2.75) is 26.4 Å². The van der Waals surface area contributed by atoms with Crippen molar-refractivity contribution < 1.29 is 32.9 Å². The molecule has 0 amide bonds. The number of carbonyl (C=O) groups is 1. The Labute approximate surface area is 248 Å². The fourth-order valence-corrected chi connectivity index (χ4v) is 4.68. The molecule has 43 heavy (non-hydrogen) atoms. The standard InChI is InChI=1S/C34H29FN2O6/c1-3-39-31-16-23(9-14-29(31)41-19-22-7-10-24(35)11-8-22)33-27-13-12-26(17-30(27)43-34(37)28(33)18-36)42-32(38)20-40-25-6-4-5-21(2)15-25/h4-17,33H,3,19-20,37H2,1-2H3. The SMILES string of the molecule is CCOc1cc(C2C(C#N)=C(N)Oc3cc(OC(=O)COc4cccc(C)c4)ccc32)ccc1OCc1ccc(F)cc1. The summed E-state index contributed by atoms with van der Waals surface area (Å²) >= 11 is 0. The lowest BCUT2D eigenvalue weighted by atomic mass is 9.83. The Hall–Kier alpha value is -5.49. The molecule has 0 fully saturated rings. The summed E-state index contributed by atoms with van der Waals surface area (Å²) in [5.74, 6) is 0.579. The molecule has 1 heterocycles. The molecule has 0 aromatic heterocycles. The number of allylic oxidation sites excluding steroid dienone is 1. The maximum absolute atomic E-state index is 13.3. The lowest BCUT2D eigenvalue weighted by molar-refractivity contribution is -0.136. The zero-order valence-electron chi connectivity index (χ0n) is 23.6. The number of nitriles is 1. The molecular formula is C34H29FN2O6. The number of nitrogens with zero attached hydrogens (tertiary/aromatic N) is 1. The number of nitrogens with two attached hydrogens (primary N) is 1. The molecule has 0 saturated heterocycles. The molecule has 1 atom stereocenters. The van der Waals surface area contributed by atoms with Crippen molar-refractivity contribution in [1.29, 1.82) is 5.26 Å². The zero-order valence-corrected chi connectivity index (χ0v) is 23.6. The fourth-order valence-electron chi connectivity index (χ4n) is 4.68. The van der Waals surface area contributed by atoms with Crippen LogP contribution in [0, 0.1) is 24.1 Å². The van der Waals surface area contributed by atoms with Crippen molar-refractivity contribution in [3.05, 3.63) is 124 Å². The van der Waals surface area contributed by atoms with E-state index in [1.54, 1.807) is 48.5 Å². The summed E-state index contributed by atoms with van der Waals surface area (Å²) < 4.78 is 41.9. The van der Waals surface area contributed by atoms with Crippen LogP contribution in [0.3, 0.4) is 0 Å². The maximum Gasteiger partial charge on any atom is 0.349 e. The van der Waals surface area contributed by atoms with Crippen LogP contribution in [0.25, 0.3) is 0 Å². The largest absolute Gasteiger partial charge is 0.490 e. The first-order chi connectivity index (χ1) is 20.8. The van der Waals surface area contributed by atoms with Gasteiger partial charge >= 0.3 is 5.97 Å². The van der Waals surface area contributed by atoms with Gasteiger partial charge in [-0.05, 0) is 73.0 Å². The van der Waals surface area contributed by atoms with E-state index in [4.69, 9.17) is 29.4 Å². The average Bonchev–Trinajstić information content (AvgIpc) is 2.99. The van der Waals surface area contributed by atoms with E-state index in [9.17, 15) is 14.4 Å². The van der Waals surface area contributed by atoms with Gasteiger partial charge in [0.1, 0.15) is 41.3 Å². The smallest absolute Gasteiger partial charge is 0.349 e. The maximum atomic E-state index is 13.3. The number of carbonyl (C=O) groups excluding carboxylic acids is 1. The minimum absolute atomic E-state index is 0.0548. The van der Waals surface area contributed by atoms with E-state index in [-0.39, 0.29) is 36.2 Å². The Kier molecular flexibility index (Phi) is 8.77. The van der Waals surface area contributed by atoms with Gasteiger partial charge in [0.2, 0.25) is 5.88 Å². The van der Waals surface area contributed by atoms with Crippen LogP contribution in [0.15, 0.2) is 96.4 Å². The fraction of sp³-hybridized carbons (Fsp3) is 0.176. The van der Waals surface area contributed by atoms with E-state index in [0.717, 1.165) is 16.7 Å². The predicted octanol–water partition coefficient (Wildman–Crippen LogP) is 6.31. The molecule has 4 aromatic carbocycles. The summed E-state index contributed by atoms with van der Waals surface area (Å²) in [7, 11) is 0. The van der Waals surface area contributed by atoms with Gasteiger partial charge in [0.05, 0.1) is 12.5 Å². The normalized spacial score (nSPS) is 13.8. The average molecular weight is 581 g/mol. The quantitative estimate of drug-likeness (QED) is 0.171. The van der Waals surface area contributed by atoms with E-state index in [1.165, 1.54) is 12.1 Å². The molecule has 218 valence electrons. The van der Waals surface area contributed by atoms with Gasteiger partial charge in [-0.25, -0.2) is 9.18 Å². The van der Waals surface area contributed by atoms with Crippen molar-refractivity contribution in [3.8, 4) is 34.8 Å². The molecule has 0 bridgehead atoms. The first-order valence-electron chi connectivity index (χ1n) is 13.6. The number of aryl methyl sites for hydroxylation is 1. The van der Waals surface area contributed by atoms with E-state index < -0.39 is 11.9 Å². The molecule has 8 nitrogen and oxygen atoms in total. The topological polar surface area (TPSA) is 113 Å². The highest BCUT2D eigenvalue weighted by Gasteiger charge is 2.32. The molecule has 5 rings (SSSR count). The van der Waals surface area contributed by atoms with Gasteiger partial charge in [-0.2, -0.15) is 5.26 Å². The van der Waals surface area contributed by atoms with Crippen LogP contribution in [0.2, 0.25) is 0 Å². The summed E-state index contributed by atoms with van der Waals surface area (Å²) in [6.07, 6.45) is 0. The summed E-state index contributed by atoms with van der Waals surface area (Å²) in [6, 6.07) is 25.9. The molecule has 0 saturated carbocycles. The second-order valence-electron chi connectivity index (χ2n) is 9.76. The number of hydrogen-bond acceptors (Lipinski definition) is 8. The molecule has 0 radical (unpaired) electrons. The highest BCUT2D eigenvalue weighted by Crippen LogP contribution is 2.45. The van der Waals surface area contributed by atoms with Crippen LogP contribution < -0.4 is 29.4 Å². The van der Waals surface area contributed by atoms with Crippen molar-refractivity contribution in [3.63, 3.8) is 0 Å². The minimum Gasteiger partial charge on any atom is -0.490 e. The molecule has 4 aromatic rings. The third-order valence-corrected chi connectivity index (χ3v) is 6.68. The number of rotatable bonds is 10. The molecule has 2 N–H and O–H groups in total. The van der Waals surface area contributed by atoms with Crippen LogP contribution >= 0.6 is 0 Å². The van der Waals surface area contributed by atoms with Gasteiger partial charge in [0, 0.05) is 11.6 Å². The molecule has 9 heteroatoms. The first kappa shape index (κ1) is 29.0. The van der Waals surface area contributed by atoms with Crippen LogP contribution in [0.1, 0.15) is 35.1 Å². The number of benzene rings is 4. The Morgan fingerprint density at radius 3 is 2.51 bits per heavy atom. The summed E-state index contributed by atoms with van der Waals surface area (Å²) in [4.78, 5) is 12.5. The van der Waals surface area contributed by atoms with E-state index >= 15 is 0 Å². The Morgan fingerprint density at radius 2 is 1.77 bits per heavy atom. The monoisotopic (exact) mass is 580 g/mol. The van der Waals surface area contributed by atoms with Crippen LogP contribution in [-0.4, -0.2) is 19.2 Å². The summed E-state index contributed by atoms with van der Waals surface area (Å²) in [5.41, 5.74) is 9.59. The van der Waals surface area contributed by atoms with Gasteiger partial charge in [0.15, 0.2) is 18.1 Å². The van der Waals surface area contributed by atoms with E-state index in [1.807, 2.05) is 38.1 Å². The van der Waals surface area contributed by atoms with Crippen LogP contribution in [-0.2, 0) is 11.4 Å². The molecule has 1 aliphatic heterocycles. The molecule has 0 spiro atoms. The van der Waals surface area contributed by atoms with Gasteiger partial charge < -0.3 is 29.4 Å². The molecule has 1 unspecified atom stereocenters. The third kappa shape index (κ3) is 6.88. The van der Waals surface area contributed by atoms with Gasteiger partial charge in [-0.15, -0.1) is 0 Å². The Morgan fingerprint density at radius 1 is 0.953 bits per heavy atom. The molecule has 1 aliphatic rings. The zero-order chi connectivity index (χ0) is 30.3. The van der Waals surface area contributed by atoms with Crippen LogP contribution in [0.4, 0.5) is 4.39 Å². The van der Waals surface area contributed by atoms with Gasteiger partial charge in [0.25, 0.3) is 0 Å². The number of esters is 1. The number of hydrogen-bond donors (Lipinski definition) is 1. The Bertz CT molecular complexity index is 1710. The first-order valence-corrected chi connectivity index (χ1v) is 13.6. The van der Waals surface area contributed by atoms with Gasteiger partial charge in [-0.3, -0.25) is 0 Å². The highest BCUT2D eigenvalue weighted by molar-refractivity contribution is 5.74. The summed E-state index contributed by atoms with van der Waals surface area (Å²) in [5, 5.41) is 9.99. The third-order valence-electron chi connectivity index (χ3n) is 6.68. The number of fused-ring (bicyclic) bond motifs is 1. The number of halogens is 1. The highest BCUT2D eigenvalue weighted by atomic mass is 19.1. The van der Waals surface area contributed by atoms with Crippen molar-refractivity contribution in [2.75, 3.05) is 13.2 Å². The minimum atomic E-state index is -0.590. The van der Waals surface area contributed by atoms with Crippen LogP contribution in [0.5, 0.6) is 28.7 Å². The lowest BCUT2D eigenvalue weighted by Gasteiger charge is -2.27. The predicted molar refractivity (Wildman–Crippen MR) is 156 cm³/mol.